The molecule has 0 bridgehead atoms. The average Bonchev–Trinajstić information content (AvgIpc) is 3.35. The topological polar surface area (TPSA) is 87.7 Å². The van der Waals surface area contributed by atoms with Crippen LogP contribution in [-0.2, 0) is 14.8 Å². The molecule has 1 fully saturated rings. The van der Waals surface area contributed by atoms with Gasteiger partial charge in [0.2, 0.25) is 5.91 Å². The molecule has 38 heavy (non-hydrogen) atoms. The molecule has 2 unspecified atom stereocenters. The molecule has 2 aliphatic heterocycles. The Morgan fingerprint density at radius 1 is 1.18 bits per heavy atom. The van der Waals surface area contributed by atoms with Gasteiger partial charge in [0.25, 0.3) is 0 Å². The van der Waals surface area contributed by atoms with Gasteiger partial charge in [-0.3, -0.25) is 9.52 Å². The minimum atomic E-state index is -5.68. The molecular weight excluding hydrogens is 526 g/mol. The van der Waals surface area contributed by atoms with Gasteiger partial charge in [0.1, 0.15) is 5.75 Å². The number of nitrogens with one attached hydrogen (secondary N) is 2. The summed E-state index contributed by atoms with van der Waals surface area (Å²) in [5, 5.41) is 3.13. The maximum absolute atomic E-state index is 15.5. The molecule has 7 nitrogen and oxygen atoms in total. The molecule has 2 aromatic carbocycles. The van der Waals surface area contributed by atoms with Crippen LogP contribution in [0, 0.1) is 11.7 Å². The molecule has 2 heterocycles. The predicted molar refractivity (Wildman–Crippen MR) is 140 cm³/mol. The highest BCUT2D eigenvalue weighted by molar-refractivity contribution is 7.93. The summed E-state index contributed by atoms with van der Waals surface area (Å²) >= 11 is 0. The summed E-state index contributed by atoms with van der Waals surface area (Å²) in [7, 11) is -4.13. The summed E-state index contributed by atoms with van der Waals surface area (Å²) in [5.41, 5.74) is -4.57. The fourth-order valence-corrected chi connectivity index (χ4v) is 5.60. The van der Waals surface area contributed by atoms with E-state index in [0.717, 1.165) is 18.9 Å². The van der Waals surface area contributed by atoms with E-state index in [0.29, 0.717) is 24.1 Å². The smallest absolute Gasteiger partial charge is 0.454 e. The van der Waals surface area contributed by atoms with E-state index < -0.39 is 27.4 Å². The zero-order chi connectivity index (χ0) is 27.8. The molecule has 0 radical (unpaired) electrons. The first-order valence-electron chi connectivity index (χ1n) is 12.3. The molecule has 2 aliphatic rings. The lowest BCUT2D eigenvalue weighted by Gasteiger charge is -2.32. The van der Waals surface area contributed by atoms with Crippen LogP contribution in [0.5, 0.6) is 11.5 Å². The normalized spacial score (nSPS) is 19.9. The molecule has 0 saturated carbocycles. The van der Waals surface area contributed by atoms with Crippen LogP contribution in [0.4, 0.5) is 23.2 Å². The molecule has 2 N–H and O–H groups in total. The summed E-state index contributed by atoms with van der Waals surface area (Å²) in [5.74, 6) is -1.03. The number of amides is 1. The molecule has 210 valence electrons. The second kappa shape index (κ2) is 10.6. The van der Waals surface area contributed by atoms with Crippen molar-refractivity contribution in [3.05, 3.63) is 59.5 Å². The molecule has 0 aromatic heterocycles. The van der Waals surface area contributed by atoms with Crippen molar-refractivity contribution in [1.29, 1.82) is 0 Å². The summed E-state index contributed by atoms with van der Waals surface area (Å²) in [6.45, 7) is 4.45. The fraction of sp³-hybridized carbons (Fsp3) is 0.423. The maximum atomic E-state index is 15.5. The monoisotopic (exact) mass is 559 g/mol. The van der Waals surface area contributed by atoms with Gasteiger partial charge in [-0.15, -0.1) is 0 Å². The molecule has 0 aliphatic carbocycles. The van der Waals surface area contributed by atoms with Crippen molar-refractivity contribution < 1.29 is 38.4 Å². The number of sulfonamides is 1. The van der Waals surface area contributed by atoms with Gasteiger partial charge in [-0.1, -0.05) is 26.0 Å². The van der Waals surface area contributed by atoms with Gasteiger partial charge in [0.05, 0.1) is 6.04 Å². The second-order valence-electron chi connectivity index (χ2n) is 9.40. The zero-order valence-electron chi connectivity index (χ0n) is 21.1. The highest BCUT2D eigenvalue weighted by Crippen LogP contribution is 2.43. The number of nitrogens with zero attached hydrogens (tertiary/aromatic N) is 1. The SMILES string of the molecule is CCC(CC)c1cccc(Oc2ccc(NS(=O)(=O)C(F)(F)F)cc2C2=CN(C)C(=O)C3NCCC23)c1F.[HH].[HH]. The first-order valence-corrected chi connectivity index (χ1v) is 13.8. The minimum absolute atomic E-state index is 0. The number of carbonyl (C=O) groups excluding carboxylic acids is 1. The molecule has 4 rings (SSSR count). The van der Waals surface area contributed by atoms with Gasteiger partial charge in [-0.05, 0) is 67.1 Å². The van der Waals surface area contributed by atoms with Gasteiger partial charge in [-0.2, -0.15) is 21.6 Å². The first-order chi connectivity index (χ1) is 17.9. The van der Waals surface area contributed by atoms with Crippen LogP contribution in [0.1, 0.15) is 53.0 Å². The van der Waals surface area contributed by atoms with Gasteiger partial charge in [0.15, 0.2) is 11.6 Å². The van der Waals surface area contributed by atoms with E-state index in [1.165, 1.54) is 23.1 Å². The number of hydrogen-bond acceptors (Lipinski definition) is 5. The number of ether oxygens (including phenoxy) is 1. The molecule has 1 saturated heterocycles. The van der Waals surface area contributed by atoms with Gasteiger partial charge >= 0.3 is 15.5 Å². The zero-order valence-corrected chi connectivity index (χ0v) is 21.9. The van der Waals surface area contributed by atoms with Crippen molar-refractivity contribution in [1.82, 2.24) is 10.2 Å². The third kappa shape index (κ3) is 5.24. The Labute approximate surface area is 221 Å². The molecule has 2 aromatic rings. The Bertz CT molecular complexity index is 1370. The summed E-state index contributed by atoms with van der Waals surface area (Å²) in [6, 6.07) is 7.88. The summed E-state index contributed by atoms with van der Waals surface area (Å²) < 4.78 is 85.7. The Kier molecular flexibility index (Phi) is 7.76. The third-order valence-corrected chi connectivity index (χ3v) is 8.17. The van der Waals surface area contributed by atoms with Gasteiger partial charge in [0, 0.05) is 33.3 Å². The number of likely N-dealkylation sites (N-methyl/N-ethyl adjacent to an activating group) is 1. The number of benzene rings is 2. The van der Waals surface area contributed by atoms with Crippen LogP contribution in [0.3, 0.4) is 0 Å². The van der Waals surface area contributed by atoms with Gasteiger partial charge in [-0.25, -0.2) is 4.39 Å². The molecule has 2 atom stereocenters. The van der Waals surface area contributed by atoms with Crippen LogP contribution >= 0.6 is 0 Å². The van der Waals surface area contributed by atoms with Crippen LogP contribution in [0.25, 0.3) is 5.57 Å². The largest absolute Gasteiger partial charge is 0.516 e. The lowest BCUT2D eigenvalue weighted by Crippen LogP contribution is -2.46. The van der Waals surface area contributed by atoms with E-state index in [1.807, 2.05) is 13.8 Å². The Hall–Kier alpha value is -3.12. The van der Waals surface area contributed by atoms with Crippen molar-refractivity contribution in [3.8, 4) is 11.5 Å². The van der Waals surface area contributed by atoms with Crippen LogP contribution in [0.15, 0.2) is 42.6 Å². The highest BCUT2D eigenvalue weighted by Gasteiger charge is 2.46. The summed E-state index contributed by atoms with van der Waals surface area (Å²) in [4.78, 5) is 14.0. The average molecular weight is 560 g/mol. The van der Waals surface area contributed by atoms with Crippen LogP contribution in [-0.4, -0.2) is 44.4 Å². The highest BCUT2D eigenvalue weighted by atomic mass is 32.2. The number of anilines is 1. The Morgan fingerprint density at radius 2 is 1.89 bits per heavy atom. The maximum Gasteiger partial charge on any atom is 0.516 e. The predicted octanol–water partition coefficient (Wildman–Crippen LogP) is 6.07. The van der Waals surface area contributed by atoms with Crippen molar-refractivity contribution in [2.45, 2.75) is 50.6 Å². The summed E-state index contributed by atoms with van der Waals surface area (Å²) in [6.07, 6.45) is 3.56. The number of fused-ring (bicyclic) bond motifs is 1. The third-order valence-electron chi connectivity index (χ3n) is 7.05. The lowest BCUT2D eigenvalue weighted by molar-refractivity contribution is -0.130. The van der Waals surface area contributed by atoms with E-state index in [9.17, 15) is 26.4 Å². The van der Waals surface area contributed by atoms with Crippen molar-refractivity contribution >= 4 is 27.2 Å². The number of carbonyl (C=O) groups is 1. The second-order valence-corrected chi connectivity index (χ2v) is 11.1. The minimum Gasteiger partial charge on any atom is -0.454 e. The van der Waals surface area contributed by atoms with E-state index in [2.05, 4.69) is 5.32 Å². The Balaban J connectivity index is 0.00000280. The molecule has 0 spiro atoms. The Morgan fingerprint density at radius 3 is 2.55 bits per heavy atom. The van der Waals surface area contributed by atoms with Crippen LogP contribution < -0.4 is 14.8 Å². The standard InChI is InChI=1S/C26H29F4N3O4S.2H2/c1-4-15(5-2)17-7-6-8-22(23(17)27)37-21-10-9-16(32-38(35,36)26(28,29)30)13-19(21)20-14-33(3)25(34)24-18(20)11-12-31-24;;/h6-10,13-15,18,24,31-32H,4-5,11-12H2,1-3H3;2*1H. The molecule has 1 amide bonds. The van der Waals surface area contributed by atoms with Crippen molar-refractivity contribution in [2.75, 3.05) is 18.3 Å². The van der Waals surface area contributed by atoms with Crippen molar-refractivity contribution in [3.63, 3.8) is 0 Å². The molecular formula is C26H33F4N3O4S. The number of hydrogen-bond donors (Lipinski definition) is 2. The van der Waals surface area contributed by atoms with Gasteiger partial charge < -0.3 is 15.0 Å². The van der Waals surface area contributed by atoms with Crippen LogP contribution in [0.2, 0.25) is 0 Å². The number of halogens is 4. The quantitative estimate of drug-likeness (QED) is 0.384. The van der Waals surface area contributed by atoms with E-state index in [4.69, 9.17) is 4.74 Å². The number of rotatable bonds is 8. The molecule has 12 heteroatoms. The fourth-order valence-electron chi connectivity index (χ4n) is 5.04. The van der Waals surface area contributed by atoms with E-state index >= 15 is 4.39 Å². The van der Waals surface area contributed by atoms with E-state index in [1.54, 1.807) is 30.1 Å². The van der Waals surface area contributed by atoms with E-state index in [-0.39, 0.29) is 43.3 Å². The number of alkyl halides is 3. The lowest BCUT2D eigenvalue weighted by atomic mass is 9.84. The first kappa shape index (κ1) is 27.9. The van der Waals surface area contributed by atoms with Crippen molar-refractivity contribution in [2.24, 2.45) is 5.92 Å².